The fraction of sp³-hybridized carbons (Fsp3) is 0.286. The van der Waals surface area contributed by atoms with Gasteiger partial charge in [0, 0.05) is 13.0 Å². The molecular formula is C14H16N2O4. The lowest BCUT2D eigenvalue weighted by Crippen LogP contribution is -2.07. The minimum Gasteiger partial charge on any atom is -0.487 e. The molecule has 2 aromatic rings. The predicted molar refractivity (Wildman–Crippen MR) is 75.2 cm³/mol. The Kier molecular flexibility index (Phi) is 4.60. The van der Waals surface area contributed by atoms with Gasteiger partial charge in [-0.25, -0.2) is 0 Å². The van der Waals surface area contributed by atoms with Gasteiger partial charge in [-0.15, -0.1) is 0 Å². The SMILES string of the molecule is CCOc1cccc(NCCc2ccco2)c1[N+](=O)[O-]. The van der Waals surface area contributed by atoms with E-state index >= 15 is 0 Å². The highest BCUT2D eigenvalue weighted by Gasteiger charge is 2.20. The summed E-state index contributed by atoms with van der Waals surface area (Å²) in [4.78, 5) is 10.7. The summed E-state index contributed by atoms with van der Waals surface area (Å²) in [6.07, 6.45) is 2.26. The van der Waals surface area contributed by atoms with Gasteiger partial charge in [0.2, 0.25) is 0 Å². The van der Waals surface area contributed by atoms with Crippen molar-refractivity contribution in [2.75, 3.05) is 18.5 Å². The minimum atomic E-state index is -0.430. The van der Waals surface area contributed by atoms with E-state index in [2.05, 4.69) is 5.32 Å². The summed E-state index contributed by atoms with van der Waals surface area (Å²) in [5.74, 6) is 1.11. The van der Waals surface area contributed by atoms with E-state index in [0.717, 1.165) is 5.76 Å². The van der Waals surface area contributed by atoms with Crippen molar-refractivity contribution in [3.05, 3.63) is 52.5 Å². The van der Waals surface area contributed by atoms with Crippen molar-refractivity contribution >= 4 is 11.4 Å². The van der Waals surface area contributed by atoms with E-state index in [4.69, 9.17) is 9.15 Å². The van der Waals surface area contributed by atoms with E-state index < -0.39 is 4.92 Å². The first-order chi connectivity index (χ1) is 9.72. The Hall–Kier alpha value is -2.50. The maximum atomic E-state index is 11.2. The van der Waals surface area contributed by atoms with E-state index in [-0.39, 0.29) is 11.4 Å². The molecule has 0 atom stereocenters. The zero-order chi connectivity index (χ0) is 14.4. The highest BCUT2D eigenvalue weighted by Crippen LogP contribution is 2.34. The van der Waals surface area contributed by atoms with Crippen LogP contribution in [0.1, 0.15) is 12.7 Å². The van der Waals surface area contributed by atoms with Crippen LogP contribution in [-0.2, 0) is 6.42 Å². The van der Waals surface area contributed by atoms with Crippen molar-refractivity contribution in [2.45, 2.75) is 13.3 Å². The van der Waals surface area contributed by atoms with Crippen LogP contribution in [0.4, 0.5) is 11.4 Å². The van der Waals surface area contributed by atoms with Crippen LogP contribution in [0.25, 0.3) is 0 Å². The fourth-order valence-electron chi connectivity index (χ4n) is 1.90. The number of anilines is 1. The number of rotatable bonds is 7. The fourth-order valence-corrected chi connectivity index (χ4v) is 1.90. The maximum Gasteiger partial charge on any atom is 0.333 e. The molecule has 0 aliphatic carbocycles. The van der Waals surface area contributed by atoms with Gasteiger partial charge in [0.15, 0.2) is 5.75 Å². The van der Waals surface area contributed by atoms with E-state index in [9.17, 15) is 10.1 Å². The number of nitro groups is 1. The second-order valence-corrected chi connectivity index (χ2v) is 4.10. The average molecular weight is 276 g/mol. The van der Waals surface area contributed by atoms with Crippen molar-refractivity contribution in [3.63, 3.8) is 0 Å². The van der Waals surface area contributed by atoms with Crippen LogP contribution in [-0.4, -0.2) is 18.1 Å². The summed E-state index contributed by atoms with van der Waals surface area (Å²) in [6, 6.07) is 8.68. The van der Waals surface area contributed by atoms with Gasteiger partial charge in [0.05, 0.1) is 17.8 Å². The molecule has 1 aromatic carbocycles. The molecule has 0 spiro atoms. The Labute approximate surface area is 116 Å². The molecule has 0 radical (unpaired) electrons. The number of nitro benzene ring substituents is 1. The van der Waals surface area contributed by atoms with Crippen LogP contribution in [0.5, 0.6) is 5.75 Å². The number of para-hydroxylation sites is 1. The van der Waals surface area contributed by atoms with Crippen molar-refractivity contribution in [3.8, 4) is 5.75 Å². The normalized spacial score (nSPS) is 10.2. The summed E-state index contributed by atoms with van der Waals surface area (Å²) >= 11 is 0. The van der Waals surface area contributed by atoms with Gasteiger partial charge in [-0.3, -0.25) is 10.1 Å². The molecule has 0 saturated heterocycles. The highest BCUT2D eigenvalue weighted by atomic mass is 16.6. The Balaban J connectivity index is 2.09. The number of hydrogen-bond acceptors (Lipinski definition) is 5. The lowest BCUT2D eigenvalue weighted by atomic mass is 10.2. The standard InChI is InChI=1S/C14H16N2O4/c1-2-19-13-7-3-6-12(14(13)16(17)18)15-9-8-11-5-4-10-20-11/h3-7,10,15H,2,8-9H2,1H3. The van der Waals surface area contributed by atoms with E-state index in [1.165, 1.54) is 0 Å². The Bertz CT molecular complexity index is 567. The Morgan fingerprint density at radius 3 is 2.85 bits per heavy atom. The van der Waals surface area contributed by atoms with E-state index in [1.807, 2.05) is 12.1 Å². The molecule has 1 N–H and O–H groups in total. The van der Waals surface area contributed by atoms with Crippen LogP contribution in [0.3, 0.4) is 0 Å². The summed E-state index contributed by atoms with van der Waals surface area (Å²) in [5.41, 5.74) is 0.418. The van der Waals surface area contributed by atoms with Crippen LogP contribution >= 0.6 is 0 Å². The summed E-state index contributed by atoms with van der Waals surface area (Å²) in [7, 11) is 0. The van der Waals surface area contributed by atoms with E-state index in [0.29, 0.717) is 25.3 Å². The van der Waals surface area contributed by atoms with Crippen LogP contribution in [0.15, 0.2) is 41.0 Å². The topological polar surface area (TPSA) is 77.5 Å². The lowest BCUT2D eigenvalue weighted by Gasteiger charge is -2.09. The van der Waals surface area contributed by atoms with Crippen LogP contribution < -0.4 is 10.1 Å². The van der Waals surface area contributed by atoms with Gasteiger partial charge in [0.1, 0.15) is 11.4 Å². The van der Waals surface area contributed by atoms with Gasteiger partial charge < -0.3 is 14.5 Å². The molecule has 20 heavy (non-hydrogen) atoms. The molecule has 0 aliphatic heterocycles. The van der Waals surface area contributed by atoms with Crippen LogP contribution in [0, 0.1) is 10.1 Å². The molecule has 0 unspecified atom stereocenters. The highest BCUT2D eigenvalue weighted by molar-refractivity contribution is 5.68. The average Bonchev–Trinajstić information content (AvgIpc) is 2.92. The van der Waals surface area contributed by atoms with Crippen molar-refractivity contribution < 1.29 is 14.1 Å². The molecule has 1 heterocycles. The number of ether oxygens (including phenoxy) is 1. The molecule has 6 heteroatoms. The summed E-state index contributed by atoms with van der Waals surface area (Å²) in [6.45, 7) is 2.72. The number of nitrogens with zero attached hydrogens (tertiary/aromatic N) is 1. The van der Waals surface area contributed by atoms with Crippen molar-refractivity contribution in [2.24, 2.45) is 0 Å². The first kappa shape index (κ1) is 13.9. The van der Waals surface area contributed by atoms with Gasteiger partial charge in [0.25, 0.3) is 0 Å². The second-order valence-electron chi connectivity index (χ2n) is 4.10. The zero-order valence-electron chi connectivity index (χ0n) is 11.2. The van der Waals surface area contributed by atoms with Gasteiger partial charge in [-0.1, -0.05) is 6.07 Å². The molecule has 0 bridgehead atoms. The number of hydrogen-bond donors (Lipinski definition) is 1. The molecule has 106 valence electrons. The monoisotopic (exact) mass is 276 g/mol. The lowest BCUT2D eigenvalue weighted by molar-refractivity contribution is -0.384. The summed E-state index contributed by atoms with van der Waals surface area (Å²) < 4.78 is 10.5. The first-order valence-corrected chi connectivity index (χ1v) is 6.38. The molecule has 0 aliphatic rings. The smallest absolute Gasteiger partial charge is 0.333 e. The molecule has 0 amide bonds. The first-order valence-electron chi connectivity index (χ1n) is 6.38. The van der Waals surface area contributed by atoms with Crippen LogP contribution in [0.2, 0.25) is 0 Å². The molecule has 0 saturated carbocycles. The van der Waals surface area contributed by atoms with E-state index in [1.54, 1.807) is 31.4 Å². The van der Waals surface area contributed by atoms with Gasteiger partial charge >= 0.3 is 5.69 Å². The third-order valence-electron chi connectivity index (χ3n) is 2.75. The molecule has 0 fully saturated rings. The maximum absolute atomic E-state index is 11.2. The zero-order valence-corrected chi connectivity index (χ0v) is 11.2. The summed E-state index contributed by atoms with van der Waals surface area (Å²) in [5, 5.41) is 14.2. The second kappa shape index (κ2) is 6.60. The molecule has 2 rings (SSSR count). The van der Waals surface area contributed by atoms with Crippen molar-refractivity contribution in [1.29, 1.82) is 0 Å². The number of furan rings is 1. The third kappa shape index (κ3) is 3.28. The van der Waals surface area contributed by atoms with Gasteiger partial charge in [-0.05, 0) is 31.2 Å². The Morgan fingerprint density at radius 2 is 2.20 bits per heavy atom. The third-order valence-corrected chi connectivity index (χ3v) is 2.75. The molecule has 1 aromatic heterocycles. The largest absolute Gasteiger partial charge is 0.487 e. The quantitative estimate of drug-likeness (QED) is 0.620. The van der Waals surface area contributed by atoms with Crippen molar-refractivity contribution in [1.82, 2.24) is 0 Å². The molecule has 6 nitrogen and oxygen atoms in total. The van der Waals surface area contributed by atoms with Gasteiger partial charge in [-0.2, -0.15) is 0 Å². The minimum absolute atomic E-state index is 0.0335. The Morgan fingerprint density at radius 1 is 1.35 bits per heavy atom. The molecular weight excluding hydrogens is 260 g/mol. The number of nitrogens with one attached hydrogen (secondary N) is 1. The predicted octanol–water partition coefficient (Wildman–Crippen LogP) is 3.24. The number of benzene rings is 1.